The fourth-order valence-electron chi connectivity index (χ4n) is 3.12. The Morgan fingerprint density at radius 1 is 1.24 bits per heavy atom. The smallest absolute Gasteiger partial charge is 0.122 e. The van der Waals surface area contributed by atoms with Crippen LogP contribution in [0.1, 0.15) is 43.2 Å². The Kier molecular flexibility index (Phi) is 2.83. The molecule has 0 radical (unpaired) electrons. The standard InChI is InChI=1S/C15H21NO/c16-15(7-1-2-8-15)9-5-12-3-4-14-13(11-12)6-10-17-14/h3-4,11H,1-2,5-10,16H2. The minimum Gasteiger partial charge on any atom is -0.493 e. The molecule has 1 aliphatic heterocycles. The molecular formula is C15H21NO. The number of aryl methyl sites for hydroxylation is 1. The van der Waals surface area contributed by atoms with E-state index in [-0.39, 0.29) is 5.54 Å². The van der Waals surface area contributed by atoms with Crippen LogP contribution < -0.4 is 10.5 Å². The summed E-state index contributed by atoms with van der Waals surface area (Å²) in [5.41, 5.74) is 9.31. The largest absolute Gasteiger partial charge is 0.493 e. The van der Waals surface area contributed by atoms with E-state index in [1.807, 2.05) is 0 Å². The van der Waals surface area contributed by atoms with E-state index < -0.39 is 0 Å². The van der Waals surface area contributed by atoms with E-state index in [0.717, 1.165) is 31.6 Å². The summed E-state index contributed by atoms with van der Waals surface area (Å²) in [6, 6.07) is 6.62. The molecule has 0 amide bonds. The first-order valence-electron chi connectivity index (χ1n) is 6.79. The molecule has 2 nitrogen and oxygen atoms in total. The molecule has 1 aromatic rings. The monoisotopic (exact) mass is 231 g/mol. The Hall–Kier alpha value is -1.02. The lowest BCUT2D eigenvalue weighted by molar-refractivity contribution is 0.356. The van der Waals surface area contributed by atoms with Gasteiger partial charge in [-0.15, -0.1) is 0 Å². The molecule has 17 heavy (non-hydrogen) atoms. The van der Waals surface area contributed by atoms with Crippen molar-refractivity contribution in [2.24, 2.45) is 5.73 Å². The van der Waals surface area contributed by atoms with Gasteiger partial charge in [0.2, 0.25) is 0 Å². The summed E-state index contributed by atoms with van der Waals surface area (Å²) < 4.78 is 5.53. The van der Waals surface area contributed by atoms with Crippen molar-refractivity contribution in [2.75, 3.05) is 6.61 Å². The molecule has 3 rings (SSSR count). The van der Waals surface area contributed by atoms with Gasteiger partial charge in [-0.1, -0.05) is 25.0 Å². The van der Waals surface area contributed by atoms with E-state index in [4.69, 9.17) is 10.5 Å². The van der Waals surface area contributed by atoms with E-state index in [1.165, 1.54) is 36.8 Å². The predicted octanol–water partition coefficient (Wildman–Crippen LogP) is 2.83. The van der Waals surface area contributed by atoms with Gasteiger partial charge in [0.05, 0.1) is 6.61 Å². The highest BCUT2D eigenvalue weighted by Gasteiger charge is 2.28. The zero-order valence-corrected chi connectivity index (χ0v) is 10.4. The first-order valence-corrected chi connectivity index (χ1v) is 6.79. The van der Waals surface area contributed by atoms with Crippen molar-refractivity contribution in [3.63, 3.8) is 0 Å². The molecule has 1 saturated carbocycles. The quantitative estimate of drug-likeness (QED) is 0.868. The molecule has 0 atom stereocenters. The van der Waals surface area contributed by atoms with Crippen LogP contribution in [0.2, 0.25) is 0 Å². The fraction of sp³-hybridized carbons (Fsp3) is 0.600. The van der Waals surface area contributed by atoms with Gasteiger partial charge in [-0.3, -0.25) is 0 Å². The number of ether oxygens (including phenoxy) is 1. The van der Waals surface area contributed by atoms with Crippen molar-refractivity contribution in [3.8, 4) is 5.75 Å². The maximum absolute atomic E-state index is 6.40. The average molecular weight is 231 g/mol. The average Bonchev–Trinajstić information content (AvgIpc) is 2.95. The molecule has 1 fully saturated rings. The zero-order valence-electron chi connectivity index (χ0n) is 10.4. The van der Waals surface area contributed by atoms with Crippen LogP contribution in [-0.2, 0) is 12.8 Å². The topological polar surface area (TPSA) is 35.2 Å². The van der Waals surface area contributed by atoms with Gasteiger partial charge < -0.3 is 10.5 Å². The molecule has 2 N–H and O–H groups in total. The minimum absolute atomic E-state index is 0.121. The van der Waals surface area contributed by atoms with Crippen LogP contribution in [0.15, 0.2) is 18.2 Å². The van der Waals surface area contributed by atoms with Crippen molar-refractivity contribution in [2.45, 2.75) is 50.5 Å². The maximum Gasteiger partial charge on any atom is 0.122 e. The van der Waals surface area contributed by atoms with Crippen LogP contribution in [0, 0.1) is 0 Å². The summed E-state index contributed by atoms with van der Waals surface area (Å²) in [4.78, 5) is 0. The lowest BCUT2D eigenvalue weighted by atomic mass is 9.90. The number of hydrogen-bond acceptors (Lipinski definition) is 2. The molecule has 2 heteroatoms. The summed E-state index contributed by atoms with van der Waals surface area (Å²) in [6.07, 6.45) is 8.36. The molecule has 0 bridgehead atoms. The van der Waals surface area contributed by atoms with Gasteiger partial charge in [-0.25, -0.2) is 0 Å². The van der Waals surface area contributed by atoms with Crippen molar-refractivity contribution in [1.29, 1.82) is 0 Å². The molecule has 0 unspecified atom stereocenters. The molecular weight excluding hydrogens is 210 g/mol. The lowest BCUT2D eigenvalue weighted by Gasteiger charge is -2.23. The Morgan fingerprint density at radius 2 is 2.06 bits per heavy atom. The molecule has 0 spiro atoms. The third kappa shape index (κ3) is 2.32. The fourth-order valence-corrected chi connectivity index (χ4v) is 3.12. The Labute approximate surface area is 103 Å². The summed E-state index contributed by atoms with van der Waals surface area (Å²) in [5, 5.41) is 0. The Balaban J connectivity index is 1.65. The number of fused-ring (bicyclic) bond motifs is 1. The second-order valence-corrected chi connectivity index (χ2v) is 5.61. The van der Waals surface area contributed by atoms with Gasteiger partial charge in [-0.05, 0) is 42.9 Å². The van der Waals surface area contributed by atoms with Crippen molar-refractivity contribution >= 4 is 0 Å². The van der Waals surface area contributed by atoms with Gasteiger partial charge >= 0.3 is 0 Å². The van der Waals surface area contributed by atoms with Gasteiger partial charge in [0.1, 0.15) is 5.75 Å². The molecule has 0 aromatic heterocycles. The lowest BCUT2D eigenvalue weighted by Crippen LogP contribution is -2.36. The SMILES string of the molecule is NC1(CCc2ccc3c(c2)CCO3)CCCC1. The van der Waals surface area contributed by atoms with Crippen molar-refractivity contribution in [1.82, 2.24) is 0 Å². The van der Waals surface area contributed by atoms with E-state index in [1.54, 1.807) is 0 Å². The Morgan fingerprint density at radius 3 is 2.88 bits per heavy atom. The van der Waals surface area contributed by atoms with Gasteiger partial charge in [-0.2, -0.15) is 0 Å². The third-order valence-electron chi connectivity index (χ3n) is 4.26. The molecule has 1 aromatic carbocycles. The van der Waals surface area contributed by atoms with Gasteiger partial charge in [0.25, 0.3) is 0 Å². The number of rotatable bonds is 3. The highest BCUT2D eigenvalue weighted by Crippen LogP contribution is 2.32. The van der Waals surface area contributed by atoms with Crippen LogP contribution in [0.25, 0.3) is 0 Å². The van der Waals surface area contributed by atoms with E-state index >= 15 is 0 Å². The van der Waals surface area contributed by atoms with Crippen LogP contribution in [0.5, 0.6) is 5.75 Å². The minimum atomic E-state index is 0.121. The van der Waals surface area contributed by atoms with E-state index in [2.05, 4.69) is 18.2 Å². The highest BCUT2D eigenvalue weighted by atomic mass is 16.5. The van der Waals surface area contributed by atoms with E-state index in [9.17, 15) is 0 Å². The first-order chi connectivity index (χ1) is 8.25. The molecule has 0 saturated heterocycles. The highest BCUT2D eigenvalue weighted by molar-refractivity contribution is 5.39. The summed E-state index contributed by atoms with van der Waals surface area (Å²) in [7, 11) is 0. The third-order valence-corrected chi connectivity index (χ3v) is 4.26. The van der Waals surface area contributed by atoms with Gasteiger partial charge in [0, 0.05) is 12.0 Å². The summed E-state index contributed by atoms with van der Waals surface area (Å²) in [5.74, 6) is 1.08. The zero-order chi connectivity index (χ0) is 11.7. The molecule has 1 aliphatic carbocycles. The van der Waals surface area contributed by atoms with Crippen LogP contribution in [0.3, 0.4) is 0 Å². The molecule has 1 heterocycles. The number of benzene rings is 1. The summed E-state index contributed by atoms with van der Waals surface area (Å²) >= 11 is 0. The van der Waals surface area contributed by atoms with Crippen LogP contribution >= 0.6 is 0 Å². The second-order valence-electron chi connectivity index (χ2n) is 5.61. The molecule has 92 valence electrons. The number of hydrogen-bond donors (Lipinski definition) is 1. The van der Waals surface area contributed by atoms with Gasteiger partial charge in [0.15, 0.2) is 0 Å². The first kappa shape index (κ1) is 11.1. The second kappa shape index (κ2) is 4.34. The molecule has 2 aliphatic rings. The van der Waals surface area contributed by atoms with Crippen LogP contribution in [0.4, 0.5) is 0 Å². The maximum atomic E-state index is 6.40. The summed E-state index contributed by atoms with van der Waals surface area (Å²) in [6.45, 7) is 0.847. The van der Waals surface area contributed by atoms with Crippen LogP contribution in [-0.4, -0.2) is 12.1 Å². The van der Waals surface area contributed by atoms with Crippen molar-refractivity contribution in [3.05, 3.63) is 29.3 Å². The predicted molar refractivity (Wildman–Crippen MR) is 69.3 cm³/mol. The van der Waals surface area contributed by atoms with Crippen molar-refractivity contribution < 1.29 is 4.74 Å². The normalized spacial score (nSPS) is 21.2. The Bertz CT molecular complexity index is 407. The van der Waals surface area contributed by atoms with E-state index in [0.29, 0.717) is 0 Å². The number of nitrogens with two attached hydrogens (primary N) is 1.